The minimum absolute atomic E-state index is 0.248. The zero-order valence-corrected chi connectivity index (χ0v) is 15.3. The molecule has 6 heteroatoms. The summed E-state index contributed by atoms with van der Waals surface area (Å²) in [6.07, 6.45) is 3.02. The molecular formula is C21H21NO5. The Balaban J connectivity index is 1.99. The lowest BCUT2D eigenvalue weighted by atomic mass is 9.82. The number of hydrogen-bond acceptors (Lipinski definition) is 5. The van der Waals surface area contributed by atoms with Crippen molar-refractivity contribution in [3.05, 3.63) is 47.7 Å². The molecule has 27 heavy (non-hydrogen) atoms. The van der Waals surface area contributed by atoms with Crippen LogP contribution < -0.4 is 4.74 Å². The van der Waals surface area contributed by atoms with Gasteiger partial charge in [-0.05, 0) is 37.1 Å². The van der Waals surface area contributed by atoms with Crippen molar-refractivity contribution in [2.24, 2.45) is 0 Å². The summed E-state index contributed by atoms with van der Waals surface area (Å²) >= 11 is 0. The molecule has 6 nitrogen and oxygen atoms in total. The van der Waals surface area contributed by atoms with Gasteiger partial charge in [-0.1, -0.05) is 25.0 Å². The Morgan fingerprint density at radius 1 is 1.11 bits per heavy atom. The third-order valence-electron chi connectivity index (χ3n) is 5.62. The van der Waals surface area contributed by atoms with Crippen molar-refractivity contribution in [2.45, 2.75) is 31.2 Å². The van der Waals surface area contributed by atoms with E-state index < -0.39 is 11.5 Å². The number of carbonyl (C=O) groups excluding carboxylic acids is 2. The van der Waals surface area contributed by atoms with Crippen LogP contribution in [-0.2, 0) is 19.9 Å². The normalized spacial score (nSPS) is 17.9. The third kappa shape index (κ3) is 2.40. The van der Waals surface area contributed by atoms with Crippen LogP contribution in [0, 0.1) is 0 Å². The van der Waals surface area contributed by atoms with Gasteiger partial charge in [0, 0.05) is 11.3 Å². The van der Waals surface area contributed by atoms with Gasteiger partial charge in [-0.3, -0.25) is 4.79 Å². The summed E-state index contributed by atoms with van der Waals surface area (Å²) in [6.45, 7) is 0. The van der Waals surface area contributed by atoms with Crippen LogP contribution >= 0.6 is 0 Å². The van der Waals surface area contributed by atoms with Crippen LogP contribution in [0.4, 0.5) is 0 Å². The first-order valence-corrected chi connectivity index (χ1v) is 8.97. The number of aromatic nitrogens is 1. The van der Waals surface area contributed by atoms with E-state index in [1.165, 1.54) is 7.11 Å². The molecule has 2 aliphatic rings. The second kappa shape index (κ2) is 6.30. The minimum Gasteiger partial charge on any atom is -0.505 e. The number of methoxy groups -OCH3 is 2. The van der Waals surface area contributed by atoms with E-state index in [9.17, 15) is 14.7 Å². The minimum atomic E-state index is -0.868. The van der Waals surface area contributed by atoms with Crippen molar-refractivity contribution in [3.63, 3.8) is 0 Å². The van der Waals surface area contributed by atoms with Gasteiger partial charge in [-0.25, -0.2) is 4.79 Å². The fraction of sp³-hybridized carbons (Fsp3) is 0.333. The van der Waals surface area contributed by atoms with Crippen molar-refractivity contribution in [1.29, 1.82) is 0 Å². The van der Waals surface area contributed by atoms with E-state index in [1.807, 2.05) is 34.9 Å². The quantitative estimate of drug-likeness (QED) is 0.664. The molecule has 1 fully saturated rings. The number of carbonyl (C=O) groups is 2. The number of nitrogens with zero attached hydrogens (tertiary/aromatic N) is 1. The van der Waals surface area contributed by atoms with E-state index in [-0.39, 0.29) is 17.1 Å². The zero-order valence-electron chi connectivity index (χ0n) is 15.3. The maximum absolute atomic E-state index is 13.4. The van der Waals surface area contributed by atoms with Crippen molar-refractivity contribution in [1.82, 2.24) is 4.57 Å². The highest BCUT2D eigenvalue weighted by atomic mass is 16.5. The lowest BCUT2D eigenvalue weighted by Crippen LogP contribution is -2.46. The summed E-state index contributed by atoms with van der Waals surface area (Å²) in [7, 11) is 2.82. The number of aliphatic hydroxyl groups is 1. The molecule has 140 valence electrons. The van der Waals surface area contributed by atoms with Gasteiger partial charge in [0.1, 0.15) is 16.9 Å². The molecule has 0 atom stereocenters. The van der Waals surface area contributed by atoms with Gasteiger partial charge in [0.15, 0.2) is 11.5 Å². The molecule has 1 aliphatic carbocycles. The molecule has 2 heterocycles. The number of Topliss-reactive ketones (excluding diaryl/α,β-unsaturated/α-hetero) is 1. The average molecular weight is 367 g/mol. The average Bonchev–Trinajstić information content (AvgIpc) is 3.34. The maximum atomic E-state index is 13.4. The first kappa shape index (κ1) is 17.4. The molecule has 1 aromatic heterocycles. The van der Waals surface area contributed by atoms with Crippen LogP contribution in [0.1, 0.15) is 31.4 Å². The molecular weight excluding hydrogens is 346 g/mol. The monoisotopic (exact) mass is 367 g/mol. The molecule has 1 N–H and O–H groups in total. The maximum Gasteiger partial charge on any atom is 0.345 e. The number of rotatable bonds is 3. The van der Waals surface area contributed by atoms with Gasteiger partial charge in [0.25, 0.3) is 0 Å². The highest BCUT2D eigenvalue weighted by molar-refractivity contribution is 6.25. The van der Waals surface area contributed by atoms with Crippen molar-refractivity contribution in [3.8, 4) is 17.0 Å². The fourth-order valence-electron chi connectivity index (χ4n) is 4.36. The summed E-state index contributed by atoms with van der Waals surface area (Å²) in [5.74, 6) is -0.768. The molecule has 4 rings (SSSR count). The Morgan fingerprint density at radius 2 is 1.81 bits per heavy atom. The van der Waals surface area contributed by atoms with Crippen LogP contribution in [0.3, 0.4) is 0 Å². The van der Waals surface area contributed by atoms with Gasteiger partial charge in [0.05, 0.1) is 19.9 Å². The van der Waals surface area contributed by atoms with Crippen LogP contribution in [0.25, 0.3) is 17.0 Å². The molecule has 0 bridgehead atoms. The number of esters is 1. The van der Waals surface area contributed by atoms with Gasteiger partial charge in [-0.2, -0.15) is 0 Å². The van der Waals surface area contributed by atoms with Gasteiger partial charge in [0.2, 0.25) is 0 Å². The smallest absolute Gasteiger partial charge is 0.345 e. The van der Waals surface area contributed by atoms with E-state index in [2.05, 4.69) is 0 Å². The van der Waals surface area contributed by atoms with Crippen molar-refractivity contribution in [2.75, 3.05) is 14.2 Å². The summed E-state index contributed by atoms with van der Waals surface area (Å²) < 4.78 is 12.0. The standard InChI is InChI=1S/C21H21NO5/c1-26-14-7-5-6-13(12-14)15-8-9-16-18(23)17(20(25)27-2)19(24)21(22(15)16)10-3-4-11-21/h5-9,12,23H,3-4,10-11H2,1-2H3. The molecule has 0 saturated heterocycles. The molecule has 1 saturated carbocycles. The topological polar surface area (TPSA) is 77.8 Å². The molecule has 1 spiro atoms. The highest BCUT2D eigenvalue weighted by Crippen LogP contribution is 2.48. The summed E-state index contributed by atoms with van der Waals surface area (Å²) in [6, 6.07) is 11.2. The predicted molar refractivity (Wildman–Crippen MR) is 99.4 cm³/mol. The number of ketones is 1. The summed E-state index contributed by atoms with van der Waals surface area (Å²) in [4.78, 5) is 25.6. The number of benzene rings is 1. The molecule has 0 radical (unpaired) electrons. The van der Waals surface area contributed by atoms with Gasteiger partial charge >= 0.3 is 5.97 Å². The lowest BCUT2D eigenvalue weighted by Gasteiger charge is -2.37. The van der Waals surface area contributed by atoms with E-state index in [0.717, 1.165) is 24.1 Å². The second-order valence-electron chi connectivity index (χ2n) is 6.95. The van der Waals surface area contributed by atoms with Gasteiger partial charge < -0.3 is 19.1 Å². The van der Waals surface area contributed by atoms with Crippen molar-refractivity contribution < 1.29 is 24.2 Å². The van der Waals surface area contributed by atoms with E-state index in [1.54, 1.807) is 13.2 Å². The number of ether oxygens (including phenoxy) is 2. The van der Waals surface area contributed by atoms with Crippen LogP contribution in [-0.4, -0.2) is 35.6 Å². The van der Waals surface area contributed by atoms with E-state index in [0.29, 0.717) is 24.3 Å². The SMILES string of the molecule is COC(=O)C1=C(O)c2ccc(-c3cccc(OC)c3)n2C2(CCCC2)C1=O. The Kier molecular flexibility index (Phi) is 4.06. The Morgan fingerprint density at radius 3 is 2.48 bits per heavy atom. The largest absolute Gasteiger partial charge is 0.505 e. The molecule has 1 aromatic carbocycles. The Bertz CT molecular complexity index is 963. The molecule has 0 amide bonds. The number of aliphatic hydroxyl groups excluding tert-OH is 1. The summed E-state index contributed by atoms with van der Waals surface area (Å²) in [5.41, 5.74) is 1.05. The predicted octanol–water partition coefficient (Wildman–Crippen LogP) is 3.46. The summed E-state index contributed by atoms with van der Waals surface area (Å²) in [5, 5.41) is 10.7. The molecule has 2 aromatic rings. The Labute approximate surface area is 157 Å². The van der Waals surface area contributed by atoms with Crippen LogP contribution in [0.15, 0.2) is 42.0 Å². The fourth-order valence-corrected chi connectivity index (χ4v) is 4.36. The number of fused-ring (bicyclic) bond motifs is 2. The first-order chi connectivity index (χ1) is 13.0. The highest BCUT2D eigenvalue weighted by Gasteiger charge is 2.52. The van der Waals surface area contributed by atoms with Crippen molar-refractivity contribution >= 4 is 17.5 Å². The zero-order chi connectivity index (χ0) is 19.2. The molecule has 1 aliphatic heterocycles. The van der Waals surface area contributed by atoms with E-state index in [4.69, 9.17) is 9.47 Å². The second-order valence-corrected chi connectivity index (χ2v) is 6.95. The van der Waals surface area contributed by atoms with Crippen LogP contribution in [0.2, 0.25) is 0 Å². The lowest BCUT2D eigenvalue weighted by molar-refractivity contribution is -0.139. The van der Waals surface area contributed by atoms with Gasteiger partial charge in [-0.15, -0.1) is 0 Å². The number of hydrogen-bond donors (Lipinski definition) is 1. The molecule has 0 unspecified atom stereocenters. The van der Waals surface area contributed by atoms with Crippen LogP contribution in [0.5, 0.6) is 5.75 Å². The first-order valence-electron chi connectivity index (χ1n) is 8.97. The van der Waals surface area contributed by atoms with E-state index >= 15 is 0 Å². The third-order valence-corrected chi connectivity index (χ3v) is 5.62. The Hall–Kier alpha value is -3.02.